The minimum absolute atomic E-state index is 0.141. The zero-order chi connectivity index (χ0) is 20.4. The molecular weight excluding hydrogens is 369 g/mol. The molecule has 0 aliphatic heterocycles. The third kappa shape index (κ3) is 3.97. The molecule has 2 aromatic rings. The van der Waals surface area contributed by atoms with Crippen LogP contribution in [-0.4, -0.2) is 22.8 Å². The molecule has 1 atom stereocenters. The Balaban J connectivity index is 1.73. The summed E-state index contributed by atoms with van der Waals surface area (Å²) in [6.07, 6.45) is 10.6. The van der Waals surface area contributed by atoms with Gasteiger partial charge in [-0.3, -0.25) is 4.79 Å². The van der Waals surface area contributed by atoms with Crippen LogP contribution >= 0.6 is 0 Å². The molecular formula is C23H26FN3O2. The van der Waals surface area contributed by atoms with Crippen LogP contribution in [0.3, 0.4) is 0 Å². The number of aromatic nitrogens is 2. The van der Waals surface area contributed by atoms with E-state index in [1.807, 2.05) is 12.2 Å². The van der Waals surface area contributed by atoms with E-state index >= 15 is 0 Å². The molecule has 0 spiro atoms. The maximum absolute atomic E-state index is 14.4. The third-order valence-electron chi connectivity index (χ3n) is 5.67. The highest BCUT2D eigenvalue weighted by atomic mass is 19.1. The molecule has 0 bridgehead atoms. The van der Waals surface area contributed by atoms with Gasteiger partial charge in [-0.05, 0) is 54.0 Å². The second-order valence-corrected chi connectivity index (χ2v) is 7.55. The Bertz CT molecular complexity index is 1040. The average Bonchev–Trinajstić information content (AvgIpc) is 3.18. The topological polar surface area (TPSA) is 56.1 Å². The van der Waals surface area contributed by atoms with Crippen LogP contribution in [-0.2, 0) is 25.8 Å². The van der Waals surface area contributed by atoms with Crippen molar-refractivity contribution >= 4 is 11.6 Å². The smallest absolute Gasteiger partial charge is 0.316 e. The minimum Gasteiger partial charge on any atom is -0.490 e. The van der Waals surface area contributed by atoms with Crippen molar-refractivity contribution in [3.05, 3.63) is 69.2 Å². The van der Waals surface area contributed by atoms with Gasteiger partial charge in [0, 0.05) is 18.7 Å². The van der Waals surface area contributed by atoms with Crippen molar-refractivity contribution in [1.82, 2.24) is 9.55 Å². The molecule has 0 fully saturated rings. The number of allylic oxidation sites excluding steroid dienone is 4. The molecule has 2 aliphatic carbocycles. The molecule has 1 heterocycles. The number of anilines is 2. The zero-order valence-electron chi connectivity index (χ0n) is 16.9. The number of aryl methyl sites for hydroxylation is 3. The highest BCUT2D eigenvalue weighted by Gasteiger charge is 2.19. The van der Waals surface area contributed by atoms with E-state index in [0.29, 0.717) is 24.5 Å². The van der Waals surface area contributed by atoms with E-state index < -0.39 is 11.7 Å². The molecule has 1 aromatic carbocycles. The normalized spacial score (nSPS) is 17.8. The number of halogens is 1. The van der Waals surface area contributed by atoms with E-state index in [0.717, 1.165) is 24.9 Å². The fraction of sp³-hybridized carbons (Fsp3) is 0.391. The highest BCUT2D eigenvalue weighted by molar-refractivity contribution is 5.62. The SMILES string of the molecule is CCc1cc2c(cc1Nc1nc(=O)c(OC)cn1CC1=CC=CCC1F)CCC2. The Morgan fingerprint density at radius 1 is 1.31 bits per heavy atom. The van der Waals surface area contributed by atoms with Gasteiger partial charge in [-0.15, -0.1) is 0 Å². The summed E-state index contributed by atoms with van der Waals surface area (Å²) in [5.41, 5.74) is 5.09. The largest absolute Gasteiger partial charge is 0.490 e. The van der Waals surface area contributed by atoms with E-state index in [9.17, 15) is 9.18 Å². The van der Waals surface area contributed by atoms with Gasteiger partial charge < -0.3 is 14.6 Å². The number of nitrogens with zero attached hydrogens (tertiary/aromatic N) is 2. The Morgan fingerprint density at radius 3 is 2.83 bits per heavy atom. The summed E-state index contributed by atoms with van der Waals surface area (Å²) in [5, 5.41) is 3.35. The molecule has 2 aliphatic rings. The Kier molecular flexibility index (Phi) is 5.51. The molecule has 4 rings (SSSR count). The summed E-state index contributed by atoms with van der Waals surface area (Å²) in [7, 11) is 1.44. The van der Waals surface area contributed by atoms with E-state index in [1.54, 1.807) is 16.8 Å². The molecule has 5 nitrogen and oxygen atoms in total. The van der Waals surface area contributed by atoms with Crippen LogP contribution in [0.25, 0.3) is 0 Å². The van der Waals surface area contributed by atoms with E-state index in [-0.39, 0.29) is 5.75 Å². The van der Waals surface area contributed by atoms with Crippen LogP contribution in [0.15, 0.2) is 46.9 Å². The van der Waals surface area contributed by atoms with Gasteiger partial charge in [-0.25, -0.2) is 4.39 Å². The number of fused-ring (bicyclic) bond motifs is 1. The second kappa shape index (κ2) is 8.23. The standard InChI is InChI=1S/C23H26FN3O2/c1-3-15-11-16-8-6-9-17(16)12-20(15)25-23-26-22(28)21(29-2)14-27(23)13-18-7-4-5-10-19(18)24/h4-5,7,11-12,14,19H,3,6,8-10,13H2,1-2H3,(H,25,26,28). The first-order valence-corrected chi connectivity index (χ1v) is 10.2. The van der Waals surface area contributed by atoms with Crippen LogP contribution in [0.2, 0.25) is 0 Å². The molecule has 1 unspecified atom stereocenters. The van der Waals surface area contributed by atoms with Crippen molar-refractivity contribution in [1.29, 1.82) is 0 Å². The number of hydrogen-bond donors (Lipinski definition) is 1. The van der Waals surface area contributed by atoms with Crippen molar-refractivity contribution in [2.45, 2.75) is 51.7 Å². The molecule has 152 valence electrons. The molecule has 0 amide bonds. The van der Waals surface area contributed by atoms with E-state index in [4.69, 9.17) is 4.74 Å². The summed E-state index contributed by atoms with van der Waals surface area (Å²) in [6.45, 7) is 2.41. The number of ether oxygens (including phenoxy) is 1. The first-order chi connectivity index (χ1) is 14.1. The average molecular weight is 395 g/mol. The van der Waals surface area contributed by atoms with Crippen molar-refractivity contribution in [2.24, 2.45) is 0 Å². The quantitative estimate of drug-likeness (QED) is 0.794. The summed E-state index contributed by atoms with van der Waals surface area (Å²) >= 11 is 0. The maximum Gasteiger partial charge on any atom is 0.316 e. The molecule has 6 heteroatoms. The van der Waals surface area contributed by atoms with Crippen molar-refractivity contribution in [3.8, 4) is 5.75 Å². The fourth-order valence-corrected chi connectivity index (χ4v) is 4.03. The lowest BCUT2D eigenvalue weighted by atomic mass is 10.0. The van der Waals surface area contributed by atoms with Crippen LogP contribution < -0.4 is 15.6 Å². The first-order valence-electron chi connectivity index (χ1n) is 10.2. The lowest BCUT2D eigenvalue weighted by Gasteiger charge is -2.20. The Labute approximate surface area is 169 Å². The van der Waals surface area contributed by atoms with Crippen LogP contribution in [0.5, 0.6) is 5.75 Å². The van der Waals surface area contributed by atoms with Crippen molar-refractivity contribution < 1.29 is 9.13 Å². The van der Waals surface area contributed by atoms with Crippen LogP contribution in [0.4, 0.5) is 16.0 Å². The van der Waals surface area contributed by atoms with E-state index in [2.05, 4.69) is 29.4 Å². The number of rotatable bonds is 6. The molecule has 1 N–H and O–H groups in total. The minimum atomic E-state index is -1.04. The lowest BCUT2D eigenvalue weighted by molar-refractivity contribution is 0.366. The lowest BCUT2D eigenvalue weighted by Crippen LogP contribution is -2.21. The number of hydrogen-bond acceptors (Lipinski definition) is 4. The van der Waals surface area contributed by atoms with Gasteiger partial charge in [0.15, 0.2) is 0 Å². The molecule has 0 saturated heterocycles. The summed E-state index contributed by atoms with van der Waals surface area (Å²) in [6, 6.07) is 4.42. The number of nitrogens with one attached hydrogen (secondary N) is 1. The van der Waals surface area contributed by atoms with Crippen molar-refractivity contribution in [3.63, 3.8) is 0 Å². The highest BCUT2D eigenvalue weighted by Crippen LogP contribution is 2.31. The summed E-state index contributed by atoms with van der Waals surface area (Å²) in [4.78, 5) is 16.5. The van der Waals surface area contributed by atoms with Gasteiger partial charge in [-0.2, -0.15) is 4.98 Å². The van der Waals surface area contributed by atoms with Gasteiger partial charge in [-0.1, -0.05) is 31.2 Å². The Morgan fingerprint density at radius 2 is 2.10 bits per heavy atom. The van der Waals surface area contributed by atoms with Gasteiger partial charge in [0.1, 0.15) is 6.17 Å². The maximum atomic E-state index is 14.4. The zero-order valence-corrected chi connectivity index (χ0v) is 16.9. The number of methoxy groups -OCH3 is 1. The van der Waals surface area contributed by atoms with Crippen LogP contribution in [0, 0.1) is 0 Å². The predicted octanol–water partition coefficient (Wildman–Crippen LogP) is 4.27. The van der Waals surface area contributed by atoms with Crippen LogP contribution in [0.1, 0.15) is 36.5 Å². The van der Waals surface area contributed by atoms with Gasteiger partial charge in [0.2, 0.25) is 11.7 Å². The Hall–Kier alpha value is -2.89. The van der Waals surface area contributed by atoms with Gasteiger partial charge >= 0.3 is 5.56 Å². The van der Waals surface area contributed by atoms with Crippen molar-refractivity contribution in [2.75, 3.05) is 12.4 Å². The molecule has 1 aromatic heterocycles. The second-order valence-electron chi connectivity index (χ2n) is 7.55. The summed E-state index contributed by atoms with van der Waals surface area (Å²) in [5.74, 6) is 0.536. The molecule has 0 radical (unpaired) electrons. The summed E-state index contributed by atoms with van der Waals surface area (Å²) < 4.78 is 21.3. The third-order valence-corrected chi connectivity index (χ3v) is 5.67. The number of benzene rings is 1. The predicted molar refractivity (Wildman–Crippen MR) is 113 cm³/mol. The van der Waals surface area contributed by atoms with Gasteiger partial charge in [0.25, 0.3) is 0 Å². The first kappa shape index (κ1) is 19.4. The molecule has 29 heavy (non-hydrogen) atoms. The van der Waals surface area contributed by atoms with E-state index in [1.165, 1.54) is 30.2 Å². The van der Waals surface area contributed by atoms with Gasteiger partial charge in [0.05, 0.1) is 13.3 Å². The number of alkyl halides is 1. The fourth-order valence-electron chi connectivity index (χ4n) is 4.03. The molecule has 0 saturated carbocycles. The monoisotopic (exact) mass is 395 g/mol.